The van der Waals surface area contributed by atoms with Gasteiger partial charge in [-0.1, -0.05) is 17.7 Å². The van der Waals surface area contributed by atoms with E-state index >= 15 is 0 Å². The summed E-state index contributed by atoms with van der Waals surface area (Å²) >= 11 is 11.8. The summed E-state index contributed by atoms with van der Waals surface area (Å²) in [7, 11) is 0. The predicted molar refractivity (Wildman–Crippen MR) is 113 cm³/mol. The molecule has 0 heterocycles. The largest absolute Gasteiger partial charge is 0.478 e. The zero-order valence-corrected chi connectivity index (χ0v) is 18.4. The van der Waals surface area contributed by atoms with Gasteiger partial charge in [-0.15, -0.1) is 11.6 Å². The number of carbonyl (C=O) groups is 2. The Labute approximate surface area is 181 Å². The average molecular weight is 439 g/mol. The van der Waals surface area contributed by atoms with Gasteiger partial charge in [0.25, 0.3) is 5.91 Å². The lowest BCUT2D eigenvalue weighted by Crippen LogP contribution is -2.67. The molecule has 4 aliphatic carbocycles. The summed E-state index contributed by atoms with van der Waals surface area (Å²) in [5.41, 5.74) is -1.15. The molecular formula is C22H28Cl2N2O3. The van der Waals surface area contributed by atoms with Crippen molar-refractivity contribution in [3.05, 3.63) is 29.3 Å². The first-order chi connectivity index (χ1) is 13.7. The maximum atomic E-state index is 13.1. The molecule has 2 amide bonds. The number of halogens is 2. The van der Waals surface area contributed by atoms with Crippen LogP contribution in [0.4, 0.5) is 0 Å². The van der Waals surface area contributed by atoms with E-state index in [0.717, 1.165) is 32.1 Å². The second-order valence-corrected chi connectivity index (χ2v) is 10.2. The van der Waals surface area contributed by atoms with Crippen molar-refractivity contribution in [2.45, 2.75) is 63.1 Å². The van der Waals surface area contributed by atoms with Gasteiger partial charge < -0.3 is 15.4 Å². The van der Waals surface area contributed by atoms with Gasteiger partial charge in [-0.25, -0.2) is 0 Å². The van der Waals surface area contributed by atoms with Crippen LogP contribution in [0.5, 0.6) is 5.75 Å². The van der Waals surface area contributed by atoms with Crippen molar-refractivity contribution in [1.29, 1.82) is 0 Å². The van der Waals surface area contributed by atoms with Crippen molar-refractivity contribution >= 4 is 35.0 Å². The van der Waals surface area contributed by atoms with Gasteiger partial charge in [-0.05, 0) is 81.9 Å². The van der Waals surface area contributed by atoms with E-state index in [1.54, 1.807) is 38.1 Å². The van der Waals surface area contributed by atoms with Gasteiger partial charge in [-0.3, -0.25) is 9.59 Å². The van der Waals surface area contributed by atoms with Crippen LogP contribution in [0.25, 0.3) is 0 Å². The van der Waals surface area contributed by atoms with Crippen LogP contribution in [-0.4, -0.2) is 34.9 Å². The van der Waals surface area contributed by atoms with E-state index in [4.69, 9.17) is 27.9 Å². The number of rotatable bonds is 6. The number of nitrogens with one attached hydrogen (secondary N) is 2. The highest BCUT2D eigenvalue weighted by Crippen LogP contribution is 2.55. The van der Waals surface area contributed by atoms with Gasteiger partial charge >= 0.3 is 0 Å². The Morgan fingerprint density at radius 1 is 1.21 bits per heavy atom. The molecule has 5 rings (SSSR count). The highest BCUT2D eigenvalue weighted by Gasteiger charge is 2.56. The number of ether oxygens (including phenoxy) is 1. The summed E-state index contributed by atoms with van der Waals surface area (Å²) in [6, 6.07) is 7.21. The van der Waals surface area contributed by atoms with Crippen LogP contribution < -0.4 is 15.4 Å². The zero-order chi connectivity index (χ0) is 20.8. The second kappa shape index (κ2) is 7.66. The van der Waals surface area contributed by atoms with Gasteiger partial charge in [0.15, 0.2) is 5.60 Å². The monoisotopic (exact) mass is 438 g/mol. The molecule has 1 aromatic carbocycles. The molecule has 4 bridgehead atoms. The van der Waals surface area contributed by atoms with Gasteiger partial charge in [0, 0.05) is 16.6 Å². The van der Waals surface area contributed by atoms with E-state index in [1.165, 1.54) is 0 Å². The van der Waals surface area contributed by atoms with Crippen LogP contribution in [0.1, 0.15) is 46.0 Å². The first kappa shape index (κ1) is 20.8. The Bertz CT molecular complexity index is 797. The van der Waals surface area contributed by atoms with Crippen LogP contribution in [0.3, 0.4) is 0 Å². The van der Waals surface area contributed by atoms with Gasteiger partial charge in [-0.2, -0.15) is 0 Å². The molecule has 4 fully saturated rings. The van der Waals surface area contributed by atoms with E-state index in [1.807, 2.05) is 0 Å². The molecule has 7 heteroatoms. The second-order valence-electron chi connectivity index (χ2n) is 9.50. The normalized spacial score (nSPS) is 32.7. The molecule has 1 aromatic rings. The Hall–Kier alpha value is -1.46. The van der Waals surface area contributed by atoms with Crippen molar-refractivity contribution in [1.82, 2.24) is 10.6 Å². The molecule has 0 aromatic heterocycles. The van der Waals surface area contributed by atoms with E-state index in [9.17, 15) is 9.59 Å². The molecule has 0 aliphatic heterocycles. The molecule has 5 atom stereocenters. The van der Waals surface area contributed by atoms with Crippen LogP contribution in [-0.2, 0) is 9.59 Å². The molecule has 29 heavy (non-hydrogen) atoms. The lowest BCUT2D eigenvalue weighted by molar-refractivity contribution is -0.140. The third kappa shape index (κ3) is 4.22. The summed E-state index contributed by atoms with van der Waals surface area (Å²) < 4.78 is 5.96. The van der Waals surface area contributed by atoms with E-state index in [-0.39, 0.29) is 29.3 Å². The fourth-order valence-electron chi connectivity index (χ4n) is 5.94. The molecule has 158 valence electrons. The van der Waals surface area contributed by atoms with Crippen molar-refractivity contribution in [3.63, 3.8) is 0 Å². The van der Waals surface area contributed by atoms with Gasteiger partial charge in [0.05, 0.1) is 0 Å². The fraction of sp³-hybridized carbons (Fsp3) is 0.636. The maximum absolute atomic E-state index is 13.1. The lowest BCUT2D eigenvalue weighted by atomic mass is 9.51. The Morgan fingerprint density at radius 3 is 2.52 bits per heavy atom. The first-order valence-corrected chi connectivity index (χ1v) is 11.2. The third-order valence-electron chi connectivity index (χ3n) is 6.81. The van der Waals surface area contributed by atoms with Crippen molar-refractivity contribution < 1.29 is 14.3 Å². The average Bonchev–Trinajstić information content (AvgIpc) is 2.63. The molecule has 4 aliphatic rings. The Balaban J connectivity index is 1.44. The molecule has 0 radical (unpaired) electrons. The molecule has 4 saturated carbocycles. The third-order valence-corrected chi connectivity index (χ3v) is 7.29. The van der Waals surface area contributed by atoms with Crippen molar-refractivity contribution in [2.75, 3.05) is 5.88 Å². The number of benzene rings is 1. The maximum Gasteiger partial charge on any atom is 0.263 e. The van der Waals surface area contributed by atoms with E-state index in [2.05, 4.69) is 10.6 Å². The summed E-state index contributed by atoms with van der Waals surface area (Å²) in [6.07, 6.45) is 5.06. The molecule has 0 saturated heterocycles. The van der Waals surface area contributed by atoms with Crippen molar-refractivity contribution in [2.24, 2.45) is 17.8 Å². The summed E-state index contributed by atoms with van der Waals surface area (Å²) in [4.78, 5) is 25.0. The predicted octanol–water partition coefficient (Wildman–Crippen LogP) is 3.92. The zero-order valence-electron chi connectivity index (χ0n) is 16.8. The van der Waals surface area contributed by atoms with Crippen LogP contribution >= 0.6 is 23.2 Å². The quantitative estimate of drug-likeness (QED) is 0.661. The molecule has 3 unspecified atom stereocenters. The van der Waals surface area contributed by atoms with Crippen LogP contribution in [0, 0.1) is 17.8 Å². The topological polar surface area (TPSA) is 67.4 Å². The minimum atomic E-state index is -1.01. The van der Waals surface area contributed by atoms with Gasteiger partial charge in [0.2, 0.25) is 5.91 Å². The van der Waals surface area contributed by atoms with Crippen LogP contribution in [0.15, 0.2) is 24.3 Å². The number of carbonyl (C=O) groups excluding carboxylic acids is 2. The lowest BCUT2D eigenvalue weighted by Gasteiger charge is -2.60. The van der Waals surface area contributed by atoms with Crippen LogP contribution in [0.2, 0.25) is 5.02 Å². The Morgan fingerprint density at radius 2 is 1.90 bits per heavy atom. The number of alkyl halides is 1. The van der Waals surface area contributed by atoms with Gasteiger partial charge in [0.1, 0.15) is 11.6 Å². The molecule has 0 spiro atoms. The molecule has 5 nitrogen and oxygen atoms in total. The smallest absolute Gasteiger partial charge is 0.263 e. The highest BCUT2D eigenvalue weighted by atomic mass is 35.5. The number of hydrogen-bond acceptors (Lipinski definition) is 3. The minimum Gasteiger partial charge on any atom is -0.478 e. The summed E-state index contributed by atoms with van der Waals surface area (Å²) in [6.45, 7) is 3.56. The number of amides is 2. The summed E-state index contributed by atoms with van der Waals surface area (Å²) in [5, 5.41) is 7.05. The van der Waals surface area contributed by atoms with Crippen molar-refractivity contribution in [3.8, 4) is 5.75 Å². The fourth-order valence-corrected chi connectivity index (χ4v) is 6.19. The van der Waals surface area contributed by atoms with E-state index < -0.39 is 5.60 Å². The molecule has 2 N–H and O–H groups in total. The van der Waals surface area contributed by atoms with E-state index in [0.29, 0.717) is 28.5 Å². The minimum absolute atomic E-state index is 0.00303. The standard InChI is InChI=1S/C22H28Cl2N2O3/c1-21(2,29-17-5-3-4-16(24)8-17)20(28)25-19-14-6-13-7-15(19)11-22(9-13,10-14)26-18(27)12-23/h3-5,8,13-15,19H,6-7,9-12H2,1-2H3,(H,25,28)(H,26,27)/t13?,14-,15+,19?,22?. The molecular weight excluding hydrogens is 411 g/mol. The Kier molecular flexibility index (Phi) is 5.49. The number of hydrogen-bond donors (Lipinski definition) is 2. The SMILES string of the molecule is CC(C)(Oc1cccc(Cl)c1)C(=O)NC1[C@@H]2CC3C[C@H]1CC(NC(=O)CCl)(C3)C2. The highest BCUT2D eigenvalue weighted by molar-refractivity contribution is 6.30. The first-order valence-electron chi connectivity index (χ1n) is 10.3. The summed E-state index contributed by atoms with van der Waals surface area (Å²) in [5.74, 6) is 1.74.